The van der Waals surface area contributed by atoms with Crippen molar-refractivity contribution in [1.82, 2.24) is 4.31 Å². The highest BCUT2D eigenvalue weighted by molar-refractivity contribution is 7.89. The van der Waals surface area contributed by atoms with E-state index in [-0.39, 0.29) is 35.6 Å². The van der Waals surface area contributed by atoms with Crippen LogP contribution in [-0.2, 0) is 19.6 Å². The SMILES string of the molecule is COC(=O)C1CCN(S(=O)(=O)c2ccc(OC)c([N+](=O)[O-])c2)CC1. The van der Waals surface area contributed by atoms with Gasteiger partial charge in [-0.2, -0.15) is 4.31 Å². The summed E-state index contributed by atoms with van der Waals surface area (Å²) in [4.78, 5) is 21.7. The van der Waals surface area contributed by atoms with Gasteiger partial charge in [0.05, 0.1) is 30.0 Å². The van der Waals surface area contributed by atoms with Crippen LogP contribution in [0.3, 0.4) is 0 Å². The van der Waals surface area contributed by atoms with Gasteiger partial charge in [-0.1, -0.05) is 0 Å². The summed E-state index contributed by atoms with van der Waals surface area (Å²) in [5.41, 5.74) is -0.414. The molecule has 1 heterocycles. The first-order chi connectivity index (χ1) is 11.3. The number of nitro groups is 1. The highest BCUT2D eigenvalue weighted by Crippen LogP contribution is 2.31. The van der Waals surface area contributed by atoms with E-state index in [0.717, 1.165) is 6.07 Å². The molecule has 24 heavy (non-hydrogen) atoms. The number of hydrogen-bond donors (Lipinski definition) is 0. The molecule has 9 nitrogen and oxygen atoms in total. The Balaban J connectivity index is 2.24. The standard InChI is InChI=1S/C14H18N2O7S/c1-22-13-4-3-11(9-12(13)16(18)19)24(20,21)15-7-5-10(6-8-15)14(17)23-2/h3-4,9-10H,5-8H2,1-2H3. The van der Waals surface area contributed by atoms with Gasteiger partial charge < -0.3 is 9.47 Å². The lowest BCUT2D eigenvalue weighted by Gasteiger charge is -2.29. The monoisotopic (exact) mass is 358 g/mol. The van der Waals surface area contributed by atoms with Crippen LogP contribution in [0.5, 0.6) is 5.75 Å². The van der Waals surface area contributed by atoms with Gasteiger partial charge in [-0.15, -0.1) is 0 Å². The number of carbonyl (C=O) groups is 1. The maximum Gasteiger partial charge on any atom is 0.312 e. The third kappa shape index (κ3) is 3.49. The molecule has 0 unspecified atom stereocenters. The molecule has 10 heteroatoms. The number of methoxy groups -OCH3 is 2. The van der Waals surface area contributed by atoms with Crippen molar-refractivity contribution in [3.05, 3.63) is 28.3 Å². The summed E-state index contributed by atoms with van der Waals surface area (Å²) in [6.45, 7) is 0.309. The van der Waals surface area contributed by atoms with Gasteiger partial charge in [0.2, 0.25) is 10.0 Å². The Morgan fingerprint density at radius 1 is 1.29 bits per heavy atom. The van der Waals surface area contributed by atoms with E-state index in [0.29, 0.717) is 12.8 Å². The number of piperidine rings is 1. The van der Waals surface area contributed by atoms with Crippen molar-refractivity contribution in [3.8, 4) is 5.75 Å². The first kappa shape index (κ1) is 18.1. The second kappa shape index (κ2) is 7.14. The largest absolute Gasteiger partial charge is 0.490 e. The molecule has 0 bridgehead atoms. The van der Waals surface area contributed by atoms with Gasteiger partial charge in [-0.25, -0.2) is 8.42 Å². The number of esters is 1. The third-order valence-electron chi connectivity index (χ3n) is 3.97. The molecule has 2 rings (SSSR count). The summed E-state index contributed by atoms with van der Waals surface area (Å²) in [7, 11) is -1.31. The topological polar surface area (TPSA) is 116 Å². The fourth-order valence-corrected chi connectivity index (χ4v) is 4.11. The second-order valence-corrected chi connectivity index (χ2v) is 7.23. The van der Waals surface area contributed by atoms with Crippen LogP contribution in [0.4, 0.5) is 5.69 Å². The van der Waals surface area contributed by atoms with E-state index in [1.165, 1.54) is 30.7 Å². The van der Waals surface area contributed by atoms with Crippen molar-refractivity contribution >= 4 is 21.7 Å². The van der Waals surface area contributed by atoms with Crippen molar-refractivity contribution in [2.75, 3.05) is 27.3 Å². The summed E-state index contributed by atoms with van der Waals surface area (Å²) >= 11 is 0. The Morgan fingerprint density at radius 3 is 2.42 bits per heavy atom. The predicted octanol–water partition coefficient (Wildman–Crippen LogP) is 1.18. The highest BCUT2D eigenvalue weighted by atomic mass is 32.2. The number of carbonyl (C=O) groups excluding carboxylic acids is 1. The molecule has 0 N–H and O–H groups in total. The van der Waals surface area contributed by atoms with E-state index in [2.05, 4.69) is 4.74 Å². The molecule has 132 valence electrons. The van der Waals surface area contributed by atoms with Crippen LogP contribution in [-0.4, -0.2) is 50.9 Å². The van der Waals surface area contributed by atoms with Crippen LogP contribution >= 0.6 is 0 Å². The number of benzene rings is 1. The fraction of sp³-hybridized carbons (Fsp3) is 0.500. The molecule has 0 atom stereocenters. The van der Waals surface area contributed by atoms with Gasteiger partial charge in [0.1, 0.15) is 0 Å². The van der Waals surface area contributed by atoms with E-state index in [1.807, 2.05) is 0 Å². The second-order valence-electron chi connectivity index (χ2n) is 5.29. The van der Waals surface area contributed by atoms with Gasteiger partial charge in [0.25, 0.3) is 0 Å². The Labute approximate surface area is 139 Å². The zero-order chi connectivity index (χ0) is 17.9. The fourth-order valence-electron chi connectivity index (χ4n) is 2.62. The molecule has 1 aromatic rings. The van der Waals surface area contributed by atoms with E-state index in [1.54, 1.807) is 0 Å². The van der Waals surface area contributed by atoms with Crippen molar-refractivity contribution in [1.29, 1.82) is 0 Å². The van der Waals surface area contributed by atoms with E-state index < -0.39 is 20.6 Å². The average Bonchev–Trinajstić information content (AvgIpc) is 2.60. The Bertz CT molecular complexity index is 739. The molecule has 1 fully saturated rings. The van der Waals surface area contributed by atoms with E-state index >= 15 is 0 Å². The lowest BCUT2D eigenvalue weighted by Crippen LogP contribution is -2.40. The zero-order valence-electron chi connectivity index (χ0n) is 13.3. The molecule has 0 saturated carbocycles. The predicted molar refractivity (Wildman–Crippen MR) is 83.1 cm³/mol. The van der Waals surface area contributed by atoms with Crippen LogP contribution in [0.1, 0.15) is 12.8 Å². The zero-order valence-corrected chi connectivity index (χ0v) is 14.1. The average molecular weight is 358 g/mol. The van der Waals surface area contributed by atoms with E-state index in [9.17, 15) is 23.3 Å². The van der Waals surface area contributed by atoms with Gasteiger partial charge in [-0.05, 0) is 25.0 Å². The Kier molecular flexibility index (Phi) is 5.40. The molecule has 0 radical (unpaired) electrons. The van der Waals surface area contributed by atoms with Crippen molar-refractivity contribution in [3.63, 3.8) is 0 Å². The van der Waals surface area contributed by atoms with Crippen LogP contribution in [0.2, 0.25) is 0 Å². The maximum absolute atomic E-state index is 12.7. The lowest BCUT2D eigenvalue weighted by molar-refractivity contribution is -0.386. The first-order valence-corrected chi connectivity index (χ1v) is 8.65. The minimum absolute atomic E-state index is 0.0108. The first-order valence-electron chi connectivity index (χ1n) is 7.21. The summed E-state index contributed by atoms with van der Waals surface area (Å²) < 4.78 is 36.1. The number of hydrogen-bond acceptors (Lipinski definition) is 7. The van der Waals surface area contributed by atoms with Crippen molar-refractivity contribution in [2.24, 2.45) is 5.92 Å². The summed E-state index contributed by atoms with van der Waals surface area (Å²) in [6, 6.07) is 3.51. The molecule has 1 saturated heterocycles. The number of nitro benzene ring substituents is 1. The molecular weight excluding hydrogens is 340 g/mol. The molecule has 0 spiro atoms. The third-order valence-corrected chi connectivity index (χ3v) is 5.87. The summed E-state index contributed by atoms with van der Waals surface area (Å²) in [6.07, 6.45) is 0.703. The summed E-state index contributed by atoms with van der Waals surface area (Å²) in [5, 5.41) is 11.1. The number of nitrogens with zero attached hydrogens (tertiary/aromatic N) is 2. The van der Waals surface area contributed by atoms with Gasteiger partial charge >= 0.3 is 11.7 Å². The van der Waals surface area contributed by atoms with Crippen LogP contribution in [0.25, 0.3) is 0 Å². The quantitative estimate of drug-likeness (QED) is 0.441. The highest BCUT2D eigenvalue weighted by Gasteiger charge is 2.33. The molecule has 0 aromatic heterocycles. The van der Waals surface area contributed by atoms with Gasteiger partial charge in [0, 0.05) is 19.2 Å². The molecule has 1 aliphatic rings. The number of ether oxygens (including phenoxy) is 2. The minimum Gasteiger partial charge on any atom is -0.490 e. The molecular formula is C14H18N2O7S. The number of rotatable bonds is 5. The van der Waals surface area contributed by atoms with Crippen molar-refractivity contribution < 1.29 is 27.6 Å². The number of sulfonamides is 1. The van der Waals surface area contributed by atoms with Crippen LogP contribution < -0.4 is 4.74 Å². The summed E-state index contributed by atoms with van der Waals surface area (Å²) in [5.74, 6) is -0.692. The molecule has 0 amide bonds. The van der Waals surface area contributed by atoms with Crippen LogP contribution in [0, 0.1) is 16.0 Å². The Morgan fingerprint density at radius 2 is 1.92 bits per heavy atom. The Hall–Kier alpha value is -2.20. The maximum atomic E-state index is 12.7. The molecule has 0 aliphatic carbocycles. The normalized spacial score (nSPS) is 16.6. The smallest absolute Gasteiger partial charge is 0.312 e. The van der Waals surface area contributed by atoms with Crippen molar-refractivity contribution in [2.45, 2.75) is 17.7 Å². The molecule has 1 aromatic carbocycles. The molecule has 1 aliphatic heterocycles. The van der Waals surface area contributed by atoms with Crippen LogP contribution in [0.15, 0.2) is 23.1 Å². The minimum atomic E-state index is -3.88. The van der Waals surface area contributed by atoms with Gasteiger partial charge in [0.15, 0.2) is 5.75 Å². The lowest BCUT2D eigenvalue weighted by atomic mass is 9.99. The van der Waals surface area contributed by atoms with E-state index in [4.69, 9.17) is 4.74 Å². The van der Waals surface area contributed by atoms with Gasteiger partial charge in [-0.3, -0.25) is 14.9 Å².